The van der Waals surface area contributed by atoms with Crippen molar-refractivity contribution in [2.45, 2.75) is 52.4 Å². The summed E-state index contributed by atoms with van der Waals surface area (Å²) in [5.41, 5.74) is 13.5. The number of amidine groups is 1. The van der Waals surface area contributed by atoms with E-state index in [0.29, 0.717) is 12.3 Å². The Morgan fingerprint density at radius 3 is 2.64 bits per heavy atom. The SMILES string of the molecule is CC.N#CC1=N/C=C/c2ccc(NSCCO)cc2N2CCC(CCCCCN=C1N)CC2.NC=O. The highest BCUT2D eigenvalue weighted by molar-refractivity contribution is 8.00. The van der Waals surface area contributed by atoms with Crippen molar-refractivity contribution in [1.29, 1.82) is 5.26 Å². The van der Waals surface area contributed by atoms with E-state index in [0.717, 1.165) is 48.8 Å². The second-order valence-electron chi connectivity index (χ2n) is 8.04. The predicted molar refractivity (Wildman–Crippen MR) is 153 cm³/mol. The number of nitriles is 1. The van der Waals surface area contributed by atoms with Gasteiger partial charge in [0, 0.05) is 43.0 Å². The molecule has 0 unspecified atom stereocenters. The first kappa shape index (κ1) is 31.0. The Hall–Kier alpha value is -3.03. The number of piperidine rings is 1. The molecule has 10 heteroatoms. The number of carbonyl (C=O) groups excluding carboxylic acids is 1. The van der Waals surface area contributed by atoms with Crippen molar-refractivity contribution in [3.63, 3.8) is 0 Å². The summed E-state index contributed by atoms with van der Waals surface area (Å²) in [7, 11) is 0. The van der Waals surface area contributed by atoms with Crippen LogP contribution in [0.25, 0.3) is 6.08 Å². The minimum atomic E-state index is 0.143. The maximum absolute atomic E-state index is 9.39. The number of aliphatic hydroxyl groups excluding tert-OH is 1. The number of anilines is 2. The first-order chi connectivity index (χ1) is 17.6. The van der Waals surface area contributed by atoms with Gasteiger partial charge in [0.25, 0.3) is 0 Å². The maximum Gasteiger partial charge on any atom is 0.204 e. The number of amides is 1. The Kier molecular flexibility index (Phi) is 16.5. The first-order valence-corrected chi connectivity index (χ1v) is 13.6. The number of nitrogens with zero attached hydrogens (tertiary/aromatic N) is 4. The molecular formula is C26H41N7O2S. The monoisotopic (exact) mass is 515 g/mol. The van der Waals surface area contributed by atoms with Crippen LogP contribution in [0.3, 0.4) is 0 Å². The molecule has 198 valence electrons. The van der Waals surface area contributed by atoms with Crippen LogP contribution in [-0.4, -0.2) is 55.1 Å². The van der Waals surface area contributed by atoms with Gasteiger partial charge in [-0.15, -0.1) is 0 Å². The molecule has 36 heavy (non-hydrogen) atoms. The molecule has 0 spiro atoms. The molecule has 3 heterocycles. The zero-order valence-corrected chi connectivity index (χ0v) is 22.3. The predicted octanol–water partition coefficient (Wildman–Crippen LogP) is 3.95. The topological polar surface area (TPSA) is 153 Å². The molecule has 1 fully saturated rings. The molecule has 0 saturated carbocycles. The Morgan fingerprint density at radius 1 is 1.25 bits per heavy atom. The molecule has 1 saturated heterocycles. The van der Waals surface area contributed by atoms with E-state index in [1.54, 1.807) is 6.20 Å². The van der Waals surface area contributed by atoms with Gasteiger partial charge in [-0.05, 0) is 49.0 Å². The smallest absolute Gasteiger partial charge is 0.204 e. The van der Waals surface area contributed by atoms with Crippen molar-refractivity contribution in [3.8, 4) is 6.07 Å². The summed E-state index contributed by atoms with van der Waals surface area (Å²) in [6, 6.07) is 8.29. The van der Waals surface area contributed by atoms with Gasteiger partial charge in [0.05, 0.1) is 6.61 Å². The van der Waals surface area contributed by atoms with Crippen LogP contribution in [0, 0.1) is 17.2 Å². The van der Waals surface area contributed by atoms with Gasteiger partial charge in [0.15, 0.2) is 11.5 Å². The molecule has 9 nitrogen and oxygen atoms in total. The van der Waals surface area contributed by atoms with Crippen molar-refractivity contribution in [1.82, 2.24) is 0 Å². The zero-order chi connectivity index (χ0) is 26.6. The van der Waals surface area contributed by atoms with E-state index in [4.69, 9.17) is 15.6 Å². The van der Waals surface area contributed by atoms with Gasteiger partial charge in [0.2, 0.25) is 6.41 Å². The molecule has 2 bridgehead atoms. The number of carbonyl (C=O) groups is 1. The van der Waals surface area contributed by atoms with Crippen LogP contribution in [0.4, 0.5) is 11.4 Å². The average molecular weight is 516 g/mol. The Balaban J connectivity index is 0.00000120. The lowest BCUT2D eigenvalue weighted by Crippen LogP contribution is -2.34. The number of fused-ring (bicyclic) bond motifs is 9. The summed E-state index contributed by atoms with van der Waals surface area (Å²) >= 11 is 1.49. The third kappa shape index (κ3) is 11.1. The highest BCUT2D eigenvalue weighted by atomic mass is 32.2. The largest absolute Gasteiger partial charge is 0.395 e. The van der Waals surface area contributed by atoms with Crippen LogP contribution in [0.5, 0.6) is 0 Å². The molecule has 3 aliphatic heterocycles. The van der Waals surface area contributed by atoms with E-state index in [9.17, 15) is 5.26 Å². The number of hydrogen-bond donors (Lipinski definition) is 4. The minimum Gasteiger partial charge on any atom is -0.395 e. The number of benzene rings is 1. The number of aliphatic hydroxyl groups is 1. The molecule has 0 radical (unpaired) electrons. The van der Waals surface area contributed by atoms with Crippen LogP contribution in [0.15, 0.2) is 34.4 Å². The van der Waals surface area contributed by atoms with Crippen molar-refractivity contribution in [2.75, 3.05) is 41.6 Å². The average Bonchev–Trinajstić information content (AvgIpc) is 2.91. The highest BCUT2D eigenvalue weighted by Crippen LogP contribution is 2.32. The molecule has 6 N–H and O–H groups in total. The van der Waals surface area contributed by atoms with Crippen molar-refractivity contribution in [2.24, 2.45) is 27.4 Å². The molecule has 1 aromatic rings. The van der Waals surface area contributed by atoms with Crippen LogP contribution in [0.2, 0.25) is 0 Å². The summed E-state index contributed by atoms with van der Waals surface area (Å²) in [6.45, 7) is 6.87. The van der Waals surface area contributed by atoms with Gasteiger partial charge in [-0.25, -0.2) is 4.99 Å². The standard InChI is InChI=1S/C23H32N6OS.C2H6.CH3NO/c24-17-21-23(25)27-10-3-1-2-4-18-8-12-29(13-9-18)22-16-20(28-31-15-14-30)6-5-19(22)7-11-26-21;1-2;2-1-3/h5-7,11,16,18,28,30H,1-4,8-10,12-15H2,(H2,25,27);1-2H3;1H,(H2,2,3)/b11-7+,26-21?;;. The van der Waals surface area contributed by atoms with E-state index in [-0.39, 0.29) is 24.6 Å². The fourth-order valence-corrected chi connectivity index (χ4v) is 4.49. The lowest BCUT2D eigenvalue weighted by molar-refractivity contribution is -0.106. The number of rotatable bonds is 4. The molecular weight excluding hydrogens is 474 g/mol. The molecule has 4 rings (SSSR count). The minimum absolute atomic E-state index is 0.143. The van der Waals surface area contributed by atoms with Crippen LogP contribution < -0.4 is 21.1 Å². The summed E-state index contributed by atoms with van der Waals surface area (Å²) in [6.07, 6.45) is 10.8. The summed E-state index contributed by atoms with van der Waals surface area (Å²) < 4.78 is 3.30. The van der Waals surface area contributed by atoms with Crippen LogP contribution in [-0.2, 0) is 4.79 Å². The molecule has 1 amide bonds. The molecule has 0 atom stereocenters. The number of aliphatic imine (C=N–C) groups is 2. The molecule has 0 aromatic heterocycles. The Morgan fingerprint density at radius 2 is 1.97 bits per heavy atom. The van der Waals surface area contributed by atoms with Crippen molar-refractivity contribution >= 4 is 47.4 Å². The Labute approximate surface area is 219 Å². The quantitative estimate of drug-likeness (QED) is 0.269. The summed E-state index contributed by atoms with van der Waals surface area (Å²) in [5.74, 6) is 1.63. The van der Waals surface area contributed by atoms with Gasteiger partial charge in [-0.1, -0.05) is 51.1 Å². The van der Waals surface area contributed by atoms with E-state index in [1.807, 2.05) is 26.0 Å². The second-order valence-corrected chi connectivity index (χ2v) is 8.94. The van der Waals surface area contributed by atoms with Gasteiger partial charge < -0.3 is 26.2 Å². The van der Waals surface area contributed by atoms with E-state index >= 15 is 0 Å². The number of primary amides is 1. The summed E-state index contributed by atoms with van der Waals surface area (Å²) in [4.78, 5) is 19.6. The number of nitrogens with two attached hydrogens (primary N) is 2. The van der Waals surface area contributed by atoms with E-state index < -0.39 is 0 Å². The van der Waals surface area contributed by atoms with Crippen molar-refractivity contribution < 1.29 is 9.90 Å². The fraction of sp³-hybridized carbons (Fsp3) is 0.538. The Bertz CT molecular complexity index is 904. The first-order valence-electron chi connectivity index (χ1n) is 12.6. The normalized spacial score (nSPS) is 17.3. The third-order valence-electron chi connectivity index (χ3n) is 5.73. The second kappa shape index (κ2) is 19.2. The molecule has 3 aliphatic rings. The van der Waals surface area contributed by atoms with Gasteiger partial charge >= 0.3 is 0 Å². The van der Waals surface area contributed by atoms with Crippen LogP contribution >= 0.6 is 11.9 Å². The fourth-order valence-electron chi connectivity index (χ4n) is 4.00. The third-order valence-corrected chi connectivity index (χ3v) is 6.49. The van der Waals surface area contributed by atoms with Crippen molar-refractivity contribution in [3.05, 3.63) is 30.0 Å². The van der Waals surface area contributed by atoms with E-state index in [1.165, 1.54) is 37.6 Å². The maximum atomic E-state index is 9.39. The molecule has 1 aromatic carbocycles. The van der Waals surface area contributed by atoms with Gasteiger partial charge in [-0.3, -0.25) is 9.79 Å². The van der Waals surface area contributed by atoms with Gasteiger partial charge in [-0.2, -0.15) is 5.26 Å². The highest BCUT2D eigenvalue weighted by Gasteiger charge is 2.21. The van der Waals surface area contributed by atoms with E-state index in [2.05, 4.69) is 43.5 Å². The molecule has 0 aliphatic carbocycles. The number of hydrogen-bond acceptors (Lipinski definition) is 9. The lowest BCUT2D eigenvalue weighted by Gasteiger charge is -2.35. The summed E-state index contributed by atoms with van der Waals surface area (Å²) in [5, 5.41) is 18.4. The number of nitrogens with one attached hydrogen (secondary N) is 1. The van der Waals surface area contributed by atoms with Gasteiger partial charge in [0.1, 0.15) is 6.07 Å². The zero-order valence-electron chi connectivity index (χ0n) is 21.5. The lowest BCUT2D eigenvalue weighted by atomic mass is 9.90. The van der Waals surface area contributed by atoms with Crippen LogP contribution in [0.1, 0.15) is 57.9 Å².